The summed E-state index contributed by atoms with van der Waals surface area (Å²) >= 11 is 5.74. The molecule has 0 amide bonds. The smallest absolute Gasteiger partial charge is 0.305 e. The highest BCUT2D eigenvalue weighted by Crippen LogP contribution is 2.57. The highest BCUT2D eigenvalue weighted by atomic mass is 35.5. The molecule has 5 nitrogen and oxygen atoms in total. The molecule has 0 aromatic heterocycles. The number of carbonyl (C=O) groups is 1. The van der Waals surface area contributed by atoms with E-state index in [9.17, 15) is 14.9 Å². The third-order valence-electron chi connectivity index (χ3n) is 3.78. The summed E-state index contributed by atoms with van der Waals surface area (Å²) in [5, 5.41) is 11.0. The predicted molar refractivity (Wildman–Crippen MR) is 79.0 cm³/mol. The van der Waals surface area contributed by atoms with Crippen LogP contribution in [0.1, 0.15) is 31.7 Å². The first kappa shape index (κ1) is 15.8. The number of hydrogen-bond acceptors (Lipinski definition) is 4. The van der Waals surface area contributed by atoms with Crippen molar-refractivity contribution in [1.29, 1.82) is 0 Å². The first-order valence-corrected chi connectivity index (χ1v) is 7.48. The quantitative estimate of drug-likeness (QED) is 0.368. The van der Waals surface area contributed by atoms with Gasteiger partial charge < -0.3 is 4.74 Å². The van der Waals surface area contributed by atoms with Crippen molar-refractivity contribution in [3.05, 3.63) is 39.9 Å². The summed E-state index contributed by atoms with van der Waals surface area (Å²) in [5.74, 6) is 1.72. The molecular weight excluding hydrogens is 294 g/mol. The van der Waals surface area contributed by atoms with E-state index in [1.807, 2.05) is 0 Å². The molecule has 3 atom stereocenters. The van der Waals surface area contributed by atoms with E-state index in [-0.39, 0.29) is 18.3 Å². The molecule has 2 aliphatic carbocycles. The number of hydrogen-bond donors (Lipinski definition) is 0. The number of fused-ring (bicyclic) bond motifs is 1. The number of alkyl halides is 1. The molecule has 0 radical (unpaired) electrons. The van der Waals surface area contributed by atoms with Crippen LogP contribution in [0.2, 0.25) is 0 Å². The number of nitrogens with zero attached hydrogens (tertiary/aromatic N) is 1. The van der Waals surface area contributed by atoms with E-state index in [1.165, 1.54) is 25.0 Å². The molecule has 0 heterocycles. The lowest BCUT2D eigenvalue weighted by Crippen LogP contribution is -2.14. The zero-order chi connectivity index (χ0) is 15.4. The first-order valence-electron chi connectivity index (χ1n) is 7.04. The number of non-ortho nitro benzene ring substituents is 1. The minimum atomic E-state index is -0.481. The van der Waals surface area contributed by atoms with Gasteiger partial charge in [0.1, 0.15) is 6.61 Å². The predicted octanol–water partition coefficient (Wildman–Crippen LogP) is 3.68. The van der Waals surface area contributed by atoms with Crippen molar-refractivity contribution in [3.8, 4) is 0 Å². The lowest BCUT2D eigenvalue weighted by atomic mass is 10.0. The second-order valence-electron chi connectivity index (χ2n) is 5.35. The van der Waals surface area contributed by atoms with Crippen LogP contribution < -0.4 is 0 Å². The van der Waals surface area contributed by atoms with E-state index in [0.717, 1.165) is 11.8 Å². The van der Waals surface area contributed by atoms with Gasteiger partial charge >= 0.3 is 5.97 Å². The Balaban J connectivity index is 0.000000218. The van der Waals surface area contributed by atoms with Crippen LogP contribution in [-0.4, -0.2) is 16.3 Å². The van der Waals surface area contributed by atoms with Gasteiger partial charge in [-0.05, 0) is 30.2 Å². The number of benzene rings is 1. The largest absolute Gasteiger partial charge is 0.461 e. The molecule has 6 heteroatoms. The highest BCUT2D eigenvalue weighted by Gasteiger charge is 2.52. The Bertz CT molecular complexity index is 534. The molecule has 114 valence electrons. The Labute approximate surface area is 128 Å². The highest BCUT2D eigenvalue weighted by molar-refractivity contribution is 6.21. The van der Waals surface area contributed by atoms with Crippen molar-refractivity contribution in [3.63, 3.8) is 0 Å². The zero-order valence-electron chi connectivity index (χ0n) is 11.8. The zero-order valence-corrected chi connectivity index (χ0v) is 12.6. The summed E-state index contributed by atoms with van der Waals surface area (Å²) in [7, 11) is 0. The van der Waals surface area contributed by atoms with Crippen LogP contribution in [-0.2, 0) is 16.1 Å². The number of rotatable bonds is 4. The van der Waals surface area contributed by atoms with Gasteiger partial charge in [0.05, 0.1) is 4.92 Å². The fourth-order valence-corrected chi connectivity index (χ4v) is 2.82. The molecule has 2 aliphatic rings. The van der Waals surface area contributed by atoms with Gasteiger partial charge in [-0.1, -0.05) is 19.1 Å². The lowest BCUT2D eigenvalue weighted by molar-refractivity contribution is -0.384. The topological polar surface area (TPSA) is 69.4 Å². The molecule has 0 bridgehead atoms. The maximum Gasteiger partial charge on any atom is 0.305 e. The first-order chi connectivity index (χ1) is 10.0. The van der Waals surface area contributed by atoms with Crippen LogP contribution in [0.4, 0.5) is 5.69 Å². The fraction of sp³-hybridized carbons (Fsp3) is 0.533. The summed E-state index contributed by atoms with van der Waals surface area (Å²) in [4.78, 5) is 20.8. The number of nitro groups is 1. The van der Waals surface area contributed by atoms with Gasteiger partial charge in [-0.3, -0.25) is 14.9 Å². The van der Waals surface area contributed by atoms with E-state index in [2.05, 4.69) is 0 Å². The third-order valence-corrected chi connectivity index (χ3v) is 4.28. The van der Waals surface area contributed by atoms with Gasteiger partial charge in [0.15, 0.2) is 0 Å². The molecule has 2 saturated carbocycles. The number of carbonyl (C=O) groups excluding carboxylic acids is 1. The molecular formula is C15H18ClNO4. The Kier molecular flexibility index (Phi) is 5.17. The van der Waals surface area contributed by atoms with E-state index in [4.69, 9.17) is 16.3 Å². The molecule has 1 aromatic carbocycles. The SMILES string of the molecule is CCC(=O)OCc1cccc([N+](=O)[O-])c1.ClC1CC2CC12. The molecule has 0 aliphatic heterocycles. The average Bonchev–Trinajstić information content (AvgIpc) is 3.17. The van der Waals surface area contributed by atoms with Gasteiger partial charge in [-0.15, -0.1) is 11.6 Å². The summed E-state index contributed by atoms with van der Waals surface area (Å²) in [5.41, 5.74) is 0.617. The Morgan fingerprint density at radius 2 is 2.24 bits per heavy atom. The third kappa shape index (κ3) is 4.43. The number of ether oxygens (including phenoxy) is 1. The molecule has 2 fully saturated rings. The van der Waals surface area contributed by atoms with Crippen molar-refractivity contribution in [1.82, 2.24) is 0 Å². The second kappa shape index (κ2) is 6.89. The monoisotopic (exact) mass is 311 g/mol. The van der Waals surface area contributed by atoms with Gasteiger partial charge in [0.2, 0.25) is 0 Å². The molecule has 0 spiro atoms. The Morgan fingerprint density at radius 3 is 2.67 bits per heavy atom. The van der Waals surface area contributed by atoms with E-state index in [1.54, 1.807) is 19.1 Å². The minimum Gasteiger partial charge on any atom is -0.461 e. The van der Waals surface area contributed by atoms with Crippen molar-refractivity contribution < 1.29 is 14.5 Å². The van der Waals surface area contributed by atoms with Crippen LogP contribution >= 0.6 is 11.6 Å². The van der Waals surface area contributed by atoms with E-state index < -0.39 is 4.92 Å². The lowest BCUT2D eigenvalue weighted by Gasteiger charge is -2.15. The second-order valence-corrected chi connectivity index (χ2v) is 5.91. The van der Waals surface area contributed by atoms with Crippen LogP contribution in [0.15, 0.2) is 24.3 Å². The molecule has 1 aromatic rings. The number of nitro benzene ring substituents is 1. The Morgan fingerprint density at radius 1 is 1.48 bits per heavy atom. The van der Waals surface area contributed by atoms with Crippen molar-refractivity contribution >= 4 is 23.3 Å². The van der Waals surface area contributed by atoms with Crippen molar-refractivity contribution in [2.75, 3.05) is 0 Å². The average molecular weight is 312 g/mol. The summed E-state index contributed by atoms with van der Waals surface area (Å²) < 4.78 is 4.85. The molecule has 0 N–H and O–H groups in total. The number of esters is 1. The van der Waals surface area contributed by atoms with Crippen LogP contribution in [0, 0.1) is 22.0 Å². The molecule has 21 heavy (non-hydrogen) atoms. The molecule has 0 saturated heterocycles. The fourth-order valence-electron chi connectivity index (χ4n) is 2.28. The van der Waals surface area contributed by atoms with Crippen LogP contribution in [0.3, 0.4) is 0 Å². The molecule has 3 rings (SSSR count). The van der Waals surface area contributed by atoms with E-state index >= 15 is 0 Å². The summed E-state index contributed by atoms with van der Waals surface area (Å²) in [6.07, 6.45) is 3.05. The summed E-state index contributed by atoms with van der Waals surface area (Å²) in [6, 6.07) is 6.03. The van der Waals surface area contributed by atoms with E-state index in [0.29, 0.717) is 17.4 Å². The normalized spacial score (nSPS) is 24.8. The van der Waals surface area contributed by atoms with Crippen LogP contribution in [0.5, 0.6) is 0 Å². The maximum absolute atomic E-state index is 10.8. The van der Waals surface area contributed by atoms with Gasteiger partial charge in [0.25, 0.3) is 5.69 Å². The van der Waals surface area contributed by atoms with Gasteiger partial charge in [-0.2, -0.15) is 0 Å². The van der Waals surface area contributed by atoms with Gasteiger partial charge in [-0.25, -0.2) is 0 Å². The number of halogens is 1. The van der Waals surface area contributed by atoms with Crippen molar-refractivity contribution in [2.24, 2.45) is 11.8 Å². The Hall–Kier alpha value is -1.62. The maximum atomic E-state index is 10.8. The van der Waals surface area contributed by atoms with Crippen LogP contribution in [0.25, 0.3) is 0 Å². The molecule has 3 unspecified atom stereocenters. The van der Waals surface area contributed by atoms with Crippen molar-refractivity contribution in [2.45, 2.75) is 38.2 Å². The summed E-state index contributed by atoms with van der Waals surface area (Å²) in [6.45, 7) is 1.77. The van der Waals surface area contributed by atoms with Gasteiger partial charge in [0, 0.05) is 23.9 Å². The minimum absolute atomic E-state index is 0.0000439. The standard InChI is InChI=1S/C10H11NO4.C5H7Cl/c1-2-10(12)15-7-8-4-3-5-9(6-8)11(13)14;6-5-2-3-1-4(3)5/h3-6H,2,7H2,1H3;3-5H,1-2H2.